The van der Waals surface area contributed by atoms with Crippen LogP contribution in [0.15, 0.2) is 0 Å². The van der Waals surface area contributed by atoms with Crippen LogP contribution < -0.4 is 5.32 Å². The van der Waals surface area contributed by atoms with E-state index in [1.807, 2.05) is 13.8 Å². The number of halogens is 3. The number of carbonyl (C=O) groups excluding carboxylic acids is 1. The molecule has 1 aliphatic heterocycles. The molecule has 8 heteroatoms. The number of urea groups is 1. The van der Waals surface area contributed by atoms with Crippen molar-refractivity contribution in [2.75, 3.05) is 13.1 Å². The Morgan fingerprint density at radius 1 is 1.25 bits per heavy atom. The summed E-state index contributed by atoms with van der Waals surface area (Å²) >= 11 is 0. The molecule has 0 aliphatic carbocycles. The highest BCUT2D eigenvalue weighted by atomic mass is 19.4. The molecule has 20 heavy (non-hydrogen) atoms. The van der Waals surface area contributed by atoms with Crippen molar-refractivity contribution in [3.8, 4) is 0 Å². The van der Waals surface area contributed by atoms with Gasteiger partial charge in [0.15, 0.2) is 0 Å². The molecule has 1 unspecified atom stereocenters. The lowest BCUT2D eigenvalue weighted by Crippen LogP contribution is -2.45. The molecule has 116 valence electrons. The lowest BCUT2D eigenvalue weighted by atomic mass is 9.96. The summed E-state index contributed by atoms with van der Waals surface area (Å²) in [5, 5.41) is 11.4. The van der Waals surface area contributed by atoms with Crippen molar-refractivity contribution in [2.24, 2.45) is 17.8 Å². The van der Waals surface area contributed by atoms with Crippen molar-refractivity contribution in [2.45, 2.75) is 33.0 Å². The molecule has 1 rings (SSSR count). The number of hydrogen-bond donors (Lipinski definition) is 2. The van der Waals surface area contributed by atoms with E-state index < -0.39 is 43.1 Å². The van der Waals surface area contributed by atoms with Crippen LogP contribution in [0.25, 0.3) is 0 Å². The van der Waals surface area contributed by atoms with Crippen molar-refractivity contribution < 1.29 is 27.9 Å². The second-order valence-corrected chi connectivity index (χ2v) is 5.48. The number of likely N-dealkylation sites (tertiary alicyclic amines) is 1. The molecule has 1 saturated heterocycles. The third-order valence-corrected chi connectivity index (χ3v) is 3.70. The Kier molecular flexibility index (Phi) is 4.88. The average molecular weight is 296 g/mol. The minimum Gasteiger partial charge on any atom is -0.481 e. The first-order valence-electron chi connectivity index (χ1n) is 6.39. The lowest BCUT2D eigenvalue weighted by molar-refractivity contribution is -0.187. The largest absolute Gasteiger partial charge is 0.481 e. The first-order valence-corrected chi connectivity index (χ1v) is 6.39. The van der Waals surface area contributed by atoms with Crippen LogP contribution in [0.3, 0.4) is 0 Å². The molecule has 0 aromatic rings. The standard InChI is InChI=1S/C12H19F3N2O3/c1-6(2)7(3)16-11(20)17-4-8(10(18)19)9(5-17)12(13,14)15/h6-9H,4-5H2,1-3H3,(H,16,20)(H,18,19)/t7?,8-,9-/m1/s1. The van der Waals surface area contributed by atoms with Gasteiger partial charge in [-0.15, -0.1) is 0 Å². The number of carboxylic acids is 1. The normalized spacial score (nSPS) is 24.9. The average Bonchev–Trinajstić information content (AvgIpc) is 2.72. The quantitative estimate of drug-likeness (QED) is 0.836. The number of carboxylic acid groups (broad SMARTS) is 1. The maximum absolute atomic E-state index is 12.8. The van der Waals surface area contributed by atoms with Crippen molar-refractivity contribution in [3.63, 3.8) is 0 Å². The fourth-order valence-corrected chi connectivity index (χ4v) is 2.00. The number of hydrogen-bond acceptors (Lipinski definition) is 2. The number of nitrogens with one attached hydrogen (secondary N) is 1. The molecule has 0 aromatic carbocycles. The summed E-state index contributed by atoms with van der Waals surface area (Å²) in [7, 11) is 0. The van der Waals surface area contributed by atoms with Crippen molar-refractivity contribution in [3.05, 3.63) is 0 Å². The molecule has 0 spiro atoms. The number of alkyl halides is 3. The van der Waals surface area contributed by atoms with Crippen molar-refractivity contribution >= 4 is 12.0 Å². The Hall–Kier alpha value is -1.47. The summed E-state index contributed by atoms with van der Waals surface area (Å²) in [5.41, 5.74) is 0. The molecule has 1 aliphatic rings. The van der Waals surface area contributed by atoms with Crippen LogP contribution >= 0.6 is 0 Å². The topological polar surface area (TPSA) is 69.6 Å². The van der Waals surface area contributed by atoms with Crippen LogP contribution in [0.5, 0.6) is 0 Å². The van der Waals surface area contributed by atoms with Crippen molar-refractivity contribution in [1.29, 1.82) is 0 Å². The Bertz CT molecular complexity index is 385. The molecular weight excluding hydrogens is 277 g/mol. The van der Waals surface area contributed by atoms with Gasteiger partial charge in [-0.25, -0.2) is 4.79 Å². The summed E-state index contributed by atoms with van der Waals surface area (Å²) < 4.78 is 38.3. The van der Waals surface area contributed by atoms with Gasteiger partial charge < -0.3 is 15.3 Å². The molecule has 0 saturated carbocycles. The molecule has 1 fully saturated rings. The summed E-state index contributed by atoms with van der Waals surface area (Å²) in [6.07, 6.45) is -4.62. The van der Waals surface area contributed by atoms with Crippen LogP contribution in [0.4, 0.5) is 18.0 Å². The van der Waals surface area contributed by atoms with Gasteiger partial charge in [-0.05, 0) is 12.8 Å². The van der Waals surface area contributed by atoms with E-state index in [1.54, 1.807) is 6.92 Å². The molecule has 0 radical (unpaired) electrons. The van der Waals surface area contributed by atoms with Gasteiger partial charge in [0.05, 0.1) is 11.8 Å². The number of carbonyl (C=O) groups is 2. The number of amides is 2. The fraction of sp³-hybridized carbons (Fsp3) is 0.833. The van der Waals surface area contributed by atoms with Gasteiger partial charge in [0.2, 0.25) is 0 Å². The minimum atomic E-state index is -4.62. The van der Waals surface area contributed by atoms with Gasteiger partial charge in [0.1, 0.15) is 0 Å². The van der Waals surface area contributed by atoms with E-state index in [4.69, 9.17) is 5.11 Å². The third-order valence-electron chi connectivity index (χ3n) is 3.70. The lowest BCUT2D eigenvalue weighted by Gasteiger charge is -2.23. The Balaban J connectivity index is 2.75. The maximum Gasteiger partial charge on any atom is 0.394 e. The van der Waals surface area contributed by atoms with Gasteiger partial charge in [-0.3, -0.25) is 4.79 Å². The van der Waals surface area contributed by atoms with Gasteiger partial charge in [0, 0.05) is 19.1 Å². The maximum atomic E-state index is 12.8. The van der Waals surface area contributed by atoms with Crippen LogP contribution in [0.1, 0.15) is 20.8 Å². The number of aliphatic carboxylic acids is 1. The van der Waals surface area contributed by atoms with Crippen molar-refractivity contribution in [1.82, 2.24) is 10.2 Å². The van der Waals surface area contributed by atoms with E-state index in [0.29, 0.717) is 0 Å². The summed E-state index contributed by atoms with van der Waals surface area (Å²) in [6.45, 7) is 4.45. The van der Waals surface area contributed by atoms with Gasteiger partial charge in [-0.1, -0.05) is 13.8 Å². The summed E-state index contributed by atoms with van der Waals surface area (Å²) in [6, 6.07) is -0.847. The van der Waals surface area contributed by atoms with Gasteiger partial charge in [-0.2, -0.15) is 13.2 Å². The zero-order chi connectivity index (χ0) is 15.7. The smallest absolute Gasteiger partial charge is 0.394 e. The van der Waals surface area contributed by atoms with E-state index >= 15 is 0 Å². The highest BCUT2D eigenvalue weighted by molar-refractivity contribution is 5.78. The molecule has 0 bridgehead atoms. The predicted octanol–water partition coefficient (Wildman–Crippen LogP) is 1.94. The molecule has 0 aromatic heterocycles. The molecule has 1 heterocycles. The number of rotatable bonds is 3. The van der Waals surface area contributed by atoms with Crippen LogP contribution in [-0.4, -0.2) is 47.3 Å². The Morgan fingerprint density at radius 2 is 1.80 bits per heavy atom. The van der Waals surface area contributed by atoms with E-state index in [1.165, 1.54) is 0 Å². The minimum absolute atomic E-state index is 0.134. The molecule has 2 amide bonds. The second kappa shape index (κ2) is 5.88. The molecule has 3 atom stereocenters. The fourth-order valence-electron chi connectivity index (χ4n) is 2.00. The van der Waals surface area contributed by atoms with Gasteiger partial charge >= 0.3 is 18.2 Å². The van der Waals surface area contributed by atoms with Crippen LogP contribution in [0.2, 0.25) is 0 Å². The molecular formula is C12H19F3N2O3. The second-order valence-electron chi connectivity index (χ2n) is 5.48. The third kappa shape index (κ3) is 3.77. The zero-order valence-corrected chi connectivity index (χ0v) is 11.6. The van der Waals surface area contributed by atoms with Crippen LogP contribution in [-0.2, 0) is 4.79 Å². The van der Waals surface area contributed by atoms with E-state index in [2.05, 4.69) is 5.32 Å². The highest BCUT2D eigenvalue weighted by Gasteiger charge is 2.53. The van der Waals surface area contributed by atoms with E-state index in [0.717, 1.165) is 4.90 Å². The van der Waals surface area contributed by atoms with Gasteiger partial charge in [0.25, 0.3) is 0 Å². The monoisotopic (exact) mass is 296 g/mol. The first kappa shape index (κ1) is 16.6. The summed E-state index contributed by atoms with van der Waals surface area (Å²) in [4.78, 5) is 23.7. The molecule has 2 N–H and O–H groups in total. The zero-order valence-electron chi connectivity index (χ0n) is 11.6. The first-order chi connectivity index (χ1) is 9.04. The predicted molar refractivity (Wildman–Crippen MR) is 65.1 cm³/mol. The van der Waals surface area contributed by atoms with E-state index in [-0.39, 0.29) is 12.0 Å². The Labute approximate surface area is 115 Å². The highest BCUT2D eigenvalue weighted by Crippen LogP contribution is 2.37. The summed E-state index contributed by atoms with van der Waals surface area (Å²) in [5.74, 6) is -5.01. The SMILES string of the molecule is CC(C)C(C)NC(=O)N1C[C@@H](C(F)(F)F)[C@H](C(=O)O)C1. The van der Waals surface area contributed by atoms with E-state index in [9.17, 15) is 22.8 Å². The van der Waals surface area contributed by atoms with Crippen LogP contribution in [0, 0.1) is 17.8 Å². The number of nitrogens with zero attached hydrogens (tertiary/aromatic N) is 1. The Morgan fingerprint density at radius 3 is 2.15 bits per heavy atom. The molecule has 5 nitrogen and oxygen atoms in total.